The van der Waals surface area contributed by atoms with Crippen LogP contribution in [0.5, 0.6) is 0 Å². The van der Waals surface area contributed by atoms with Crippen molar-refractivity contribution in [1.29, 1.82) is 0 Å². The summed E-state index contributed by atoms with van der Waals surface area (Å²) in [5, 5.41) is 3.86. The molecule has 0 spiro atoms. The van der Waals surface area contributed by atoms with E-state index in [1.165, 1.54) is 0 Å². The van der Waals surface area contributed by atoms with Crippen LogP contribution < -0.4 is 0 Å². The van der Waals surface area contributed by atoms with Crippen LogP contribution in [-0.4, -0.2) is 22.0 Å². The number of aryl methyl sites for hydroxylation is 2. The average Bonchev–Trinajstić information content (AvgIpc) is 2.47. The molecule has 72 valence electrons. The molecular formula is C8H10F2N2O. The summed E-state index contributed by atoms with van der Waals surface area (Å²) in [6, 6.07) is 1.71. The molecule has 0 amide bonds. The standard InChI is InChI=1S/C8H10F2N2O/c1-12-6(4-5-11-12)2-3-7(13)8(9)10/h4-5,8H,2-3H2,1H3. The first kappa shape index (κ1) is 9.83. The second-order valence-corrected chi connectivity index (χ2v) is 2.71. The monoisotopic (exact) mass is 188 g/mol. The summed E-state index contributed by atoms with van der Waals surface area (Å²) in [5.41, 5.74) is 0.786. The van der Waals surface area contributed by atoms with E-state index in [9.17, 15) is 13.6 Å². The minimum Gasteiger partial charge on any atom is -0.293 e. The summed E-state index contributed by atoms with van der Waals surface area (Å²) >= 11 is 0. The molecule has 0 N–H and O–H groups in total. The van der Waals surface area contributed by atoms with Crippen molar-refractivity contribution in [2.75, 3.05) is 0 Å². The number of ketones is 1. The van der Waals surface area contributed by atoms with E-state index >= 15 is 0 Å². The van der Waals surface area contributed by atoms with Crippen LogP contribution in [0, 0.1) is 0 Å². The minimum absolute atomic E-state index is 0.128. The lowest BCUT2D eigenvalue weighted by molar-refractivity contribution is -0.129. The van der Waals surface area contributed by atoms with Crippen LogP contribution >= 0.6 is 0 Å². The van der Waals surface area contributed by atoms with E-state index < -0.39 is 12.2 Å². The first-order valence-corrected chi connectivity index (χ1v) is 3.89. The van der Waals surface area contributed by atoms with Gasteiger partial charge in [-0.25, -0.2) is 8.78 Å². The fourth-order valence-corrected chi connectivity index (χ4v) is 1.01. The van der Waals surface area contributed by atoms with Crippen molar-refractivity contribution in [3.8, 4) is 0 Å². The number of hydrogen-bond acceptors (Lipinski definition) is 2. The van der Waals surface area contributed by atoms with Crippen molar-refractivity contribution >= 4 is 5.78 Å². The zero-order valence-corrected chi connectivity index (χ0v) is 7.20. The number of hydrogen-bond donors (Lipinski definition) is 0. The first-order valence-electron chi connectivity index (χ1n) is 3.89. The fraction of sp³-hybridized carbons (Fsp3) is 0.500. The molecule has 5 heteroatoms. The predicted octanol–water partition coefficient (Wildman–Crippen LogP) is 1.19. The van der Waals surface area contributed by atoms with Crippen LogP contribution in [0.25, 0.3) is 0 Å². The summed E-state index contributed by atoms with van der Waals surface area (Å²) in [6.07, 6.45) is -1.09. The number of halogens is 2. The Hall–Kier alpha value is -1.26. The van der Waals surface area contributed by atoms with E-state index in [4.69, 9.17) is 0 Å². The number of rotatable bonds is 4. The Morgan fingerprint density at radius 1 is 1.69 bits per heavy atom. The van der Waals surface area contributed by atoms with Gasteiger partial charge in [-0.2, -0.15) is 5.10 Å². The molecule has 1 aromatic heterocycles. The lowest BCUT2D eigenvalue weighted by atomic mass is 10.2. The van der Waals surface area contributed by atoms with E-state index in [2.05, 4.69) is 5.10 Å². The largest absolute Gasteiger partial charge is 0.295 e. The molecule has 1 rings (SSSR count). The van der Waals surface area contributed by atoms with Gasteiger partial charge in [0.05, 0.1) is 0 Å². The second kappa shape index (κ2) is 4.11. The van der Waals surface area contributed by atoms with Gasteiger partial charge in [0, 0.05) is 25.4 Å². The Morgan fingerprint density at radius 2 is 2.38 bits per heavy atom. The molecule has 1 heterocycles. The van der Waals surface area contributed by atoms with Gasteiger partial charge in [0.2, 0.25) is 0 Å². The Kier molecular flexibility index (Phi) is 3.11. The van der Waals surface area contributed by atoms with Crippen LogP contribution in [0.3, 0.4) is 0 Å². The molecule has 0 saturated carbocycles. The van der Waals surface area contributed by atoms with Crippen molar-refractivity contribution in [3.63, 3.8) is 0 Å². The Bertz CT molecular complexity index is 296. The summed E-state index contributed by atoms with van der Waals surface area (Å²) in [5.74, 6) is -1.01. The van der Waals surface area contributed by atoms with Gasteiger partial charge in [0.15, 0.2) is 5.78 Å². The Morgan fingerprint density at radius 3 is 2.85 bits per heavy atom. The van der Waals surface area contributed by atoms with Crippen molar-refractivity contribution < 1.29 is 13.6 Å². The third-order valence-electron chi connectivity index (χ3n) is 1.79. The van der Waals surface area contributed by atoms with Crippen LogP contribution in [0.15, 0.2) is 12.3 Å². The molecule has 0 aliphatic carbocycles. The average molecular weight is 188 g/mol. The summed E-state index contributed by atoms with van der Waals surface area (Å²) in [4.78, 5) is 10.6. The molecule has 0 saturated heterocycles. The maximum absolute atomic E-state index is 11.8. The lowest BCUT2D eigenvalue weighted by Crippen LogP contribution is -2.11. The maximum atomic E-state index is 11.8. The number of nitrogens with zero attached hydrogens (tertiary/aromatic N) is 2. The topological polar surface area (TPSA) is 34.9 Å². The van der Waals surface area contributed by atoms with Gasteiger partial charge in [-0.05, 0) is 12.5 Å². The molecule has 3 nitrogen and oxygen atoms in total. The highest BCUT2D eigenvalue weighted by Gasteiger charge is 2.15. The van der Waals surface area contributed by atoms with E-state index in [1.54, 1.807) is 24.0 Å². The molecule has 0 fully saturated rings. The summed E-state index contributed by atoms with van der Waals surface area (Å²) < 4.78 is 25.1. The zero-order chi connectivity index (χ0) is 9.84. The van der Waals surface area contributed by atoms with Crippen LogP contribution in [0.2, 0.25) is 0 Å². The third kappa shape index (κ3) is 2.61. The highest BCUT2D eigenvalue weighted by molar-refractivity contribution is 5.81. The Balaban J connectivity index is 2.44. The third-order valence-corrected chi connectivity index (χ3v) is 1.79. The van der Waals surface area contributed by atoms with Gasteiger partial charge in [0.1, 0.15) is 0 Å². The molecule has 0 aliphatic rings. The Labute approximate surface area is 74.4 Å². The van der Waals surface area contributed by atoms with Gasteiger partial charge in [-0.3, -0.25) is 9.48 Å². The first-order chi connectivity index (χ1) is 6.11. The molecule has 1 aromatic rings. The normalized spacial score (nSPS) is 10.8. The SMILES string of the molecule is Cn1nccc1CCC(=O)C(F)F. The second-order valence-electron chi connectivity index (χ2n) is 2.71. The number of Topliss-reactive ketones (excluding diaryl/α,β-unsaturated/α-hetero) is 1. The van der Waals surface area contributed by atoms with E-state index in [0.29, 0.717) is 6.42 Å². The number of alkyl halides is 2. The molecule has 0 radical (unpaired) electrons. The van der Waals surface area contributed by atoms with E-state index in [0.717, 1.165) is 5.69 Å². The van der Waals surface area contributed by atoms with Crippen LogP contribution in [0.1, 0.15) is 12.1 Å². The van der Waals surface area contributed by atoms with Crippen molar-refractivity contribution in [1.82, 2.24) is 9.78 Å². The summed E-state index contributed by atoms with van der Waals surface area (Å²) in [7, 11) is 1.71. The molecule has 0 bridgehead atoms. The van der Waals surface area contributed by atoms with Gasteiger partial charge in [-0.15, -0.1) is 0 Å². The number of carbonyl (C=O) groups excluding carboxylic acids is 1. The van der Waals surface area contributed by atoms with Crippen molar-refractivity contribution in [3.05, 3.63) is 18.0 Å². The lowest BCUT2D eigenvalue weighted by Gasteiger charge is -2.00. The van der Waals surface area contributed by atoms with Gasteiger partial charge in [0.25, 0.3) is 6.43 Å². The van der Waals surface area contributed by atoms with Gasteiger partial charge < -0.3 is 0 Å². The quantitative estimate of drug-likeness (QED) is 0.711. The fourth-order valence-electron chi connectivity index (χ4n) is 1.01. The predicted molar refractivity (Wildman–Crippen MR) is 42.5 cm³/mol. The molecule has 13 heavy (non-hydrogen) atoms. The van der Waals surface area contributed by atoms with Crippen LogP contribution in [0.4, 0.5) is 8.78 Å². The van der Waals surface area contributed by atoms with Crippen LogP contribution in [-0.2, 0) is 18.3 Å². The van der Waals surface area contributed by atoms with Crippen molar-refractivity contribution in [2.24, 2.45) is 7.05 Å². The smallest absolute Gasteiger partial charge is 0.293 e. The van der Waals surface area contributed by atoms with Crippen molar-refractivity contribution in [2.45, 2.75) is 19.3 Å². The number of aromatic nitrogens is 2. The van der Waals surface area contributed by atoms with Gasteiger partial charge >= 0.3 is 0 Å². The zero-order valence-electron chi connectivity index (χ0n) is 7.20. The highest BCUT2D eigenvalue weighted by Crippen LogP contribution is 2.05. The van der Waals surface area contributed by atoms with Gasteiger partial charge in [-0.1, -0.05) is 0 Å². The summed E-state index contributed by atoms with van der Waals surface area (Å²) in [6.45, 7) is 0. The molecule has 0 atom stereocenters. The minimum atomic E-state index is -2.85. The number of carbonyl (C=O) groups is 1. The highest BCUT2D eigenvalue weighted by atomic mass is 19.3. The van der Waals surface area contributed by atoms with E-state index in [1.807, 2.05) is 0 Å². The molecular weight excluding hydrogens is 178 g/mol. The maximum Gasteiger partial charge on any atom is 0.295 e. The molecule has 0 aliphatic heterocycles. The molecule has 0 aromatic carbocycles. The molecule has 0 unspecified atom stereocenters. The van der Waals surface area contributed by atoms with E-state index in [-0.39, 0.29) is 6.42 Å².